The van der Waals surface area contributed by atoms with E-state index in [1.54, 1.807) is 24.5 Å². The van der Waals surface area contributed by atoms with Crippen LogP contribution in [0.25, 0.3) is 22.3 Å². The van der Waals surface area contributed by atoms with Gasteiger partial charge in [-0.15, -0.1) is 0 Å². The Balaban J connectivity index is 1.82. The normalized spacial score (nSPS) is 10.7. The zero-order chi connectivity index (χ0) is 21.8. The average molecular weight is 434 g/mol. The lowest BCUT2D eigenvalue weighted by atomic mass is 10.1. The van der Waals surface area contributed by atoms with E-state index in [0.29, 0.717) is 34.5 Å². The van der Waals surface area contributed by atoms with E-state index in [1.807, 2.05) is 43.3 Å². The van der Waals surface area contributed by atoms with Crippen molar-refractivity contribution >= 4 is 45.7 Å². The van der Waals surface area contributed by atoms with Crippen LogP contribution in [0.4, 0.5) is 17.2 Å². The maximum Gasteiger partial charge on any atom is 0.222 e. The van der Waals surface area contributed by atoms with Crippen molar-refractivity contribution < 1.29 is 9.53 Å². The van der Waals surface area contributed by atoms with Gasteiger partial charge in [-0.1, -0.05) is 11.6 Å². The van der Waals surface area contributed by atoms with E-state index >= 15 is 0 Å². The second-order valence-electron chi connectivity index (χ2n) is 6.74. The average Bonchev–Trinajstić information content (AvgIpc) is 2.75. The van der Waals surface area contributed by atoms with Crippen molar-refractivity contribution in [1.29, 1.82) is 0 Å². The van der Waals surface area contributed by atoms with Gasteiger partial charge in [0.05, 0.1) is 18.0 Å². The monoisotopic (exact) mass is 433 g/mol. The fourth-order valence-corrected chi connectivity index (χ4v) is 3.37. The van der Waals surface area contributed by atoms with Gasteiger partial charge in [-0.25, -0.2) is 15.0 Å². The van der Waals surface area contributed by atoms with Gasteiger partial charge in [-0.05, 0) is 49.4 Å². The number of halogens is 1. The summed E-state index contributed by atoms with van der Waals surface area (Å²) >= 11 is 6.26. The Morgan fingerprint density at radius 2 is 1.97 bits per heavy atom. The molecule has 1 aromatic carbocycles. The largest absolute Gasteiger partial charge is 0.493 e. The topological polar surface area (TPSA) is 89.0 Å². The van der Waals surface area contributed by atoms with Crippen LogP contribution in [0.3, 0.4) is 0 Å². The van der Waals surface area contributed by atoms with Gasteiger partial charge >= 0.3 is 0 Å². The van der Waals surface area contributed by atoms with Crippen molar-refractivity contribution in [3.8, 4) is 17.0 Å². The van der Waals surface area contributed by atoms with E-state index in [-0.39, 0.29) is 5.91 Å². The Bertz CT molecular complexity index is 1260. The predicted octanol–water partition coefficient (Wildman–Crippen LogP) is 5.45. The number of carbonyl (C=O) groups excluding carboxylic acids is 1. The second-order valence-corrected chi connectivity index (χ2v) is 7.18. The van der Waals surface area contributed by atoms with Crippen molar-refractivity contribution in [1.82, 2.24) is 15.0 Å². The van der Waals surface area contributed by atoms with E-state index in [4.69, 9.17) is 21.3 Å². The molecule has 0 aliphatic carbocycles. The molecule has 0 fully saturated rings. The minimum absolute atomic E-state index is 0.185. The molecule has 0 saturated carbocycles. The molecule has 0 unspecified atom stereocenters. The number of hydrogen-bond donors (Lipinski definition) is 2. The van der Waals surface area contributed by atoms with Gasteiger partial charge < -0.3 is 15.4 Å². The number of aromatic nitrogens is 3. The molecule has 156 valence electrons. The van der Waals surface area contributed by atoms with Crippen LogP contribution in [0.5, 0.6) is 5.75 Å². The van der Waals surface area contributed by atoms with Gasteiger partial charge in [0.25, 0.3) is 0 Å². The summed E-state index contributed by atoms with van der Waals surface area (Å²) in [6.45, 7) is 3.89. The van der Waals surface area contributed by atoms with Crippen molar-refractivity contribution in [2.24, 2.45) is 0 Å². The molecular formula is C23H20ClN5O2. The molecule has 4 aromatic rings. The van der Waals surface area contributed by atoms with Gasteiger partial charge in [0.1, 0.15) is 11.6 Å². The number of anilines is 3. The minimum Gasteiger partial charge on any atom is -0.493 e. The summed E-state index contributed by atoms with van der Waals surface area (Å²) in [5, 5.41) is 7.52. The number of nitrogens with one attached hydrogen (secondary N) is 2. The number of hydrogen-bond acceptors (Lipinski definition) is 6. The number of rotatable bonds is 6. The molecule has 3 aromatic heterocycles. The van der Waals surface area contributed by atoms with E-state index in [0.717, 1.165) is 22.3 Å². The number of amides is 1. The van der Waals surface area contributed by atoms with Crippen LogP contribution in [0.1, 0.15) is 13.8 Å². The third kappa shape index (κ3) is 4.73. The summed E-state index contributed by atoms with van der Waals surface area (Å²) in [6.07, 6.45) is 3.33. The van der Waals surface area contributed by atoms with Crippen molar-refractivity contribution in [2.75, 3.05) is 17.2 Å². The number of carbonyl (C=O) groups is 1. The van der Waals surface area contributed by atoms with E-state index in [2.05, 4.69) is 20.6 Å². The molecule has 0 atom stereocenters. The van der Waals surface area contributed by atoms with Gasteiger partial charge in [0.2, 0.25) is 5.91 Å². The molecule has 2 N–H and O–H groups in total. The molecule has 3 heterocycles. The summed E-state index contributed by atoms with van der Waals surface area (Å²) in [4.78, 5) is 24.7. The Hall–Kier alpha value is -3.71. The first-order valence-electron chi connectivity index (χ1n) is 9.72. The highest BCUT2D eigenvalue weighted by atomic mass is 35.5. The van der Waals surface area contributed by atoms with Gasteiger partial charge in [0.15, 0.2) is 5.65 Å². The Labute approximate surface area is 184 Å². The van der Waals surface area contributed by atoms with Crippen LogP contribution in [0.2, 0.25) is 5.02 Å². The molecule has 0 radical (unpaired) electrons. The Morgan fingerprint density at radius 1 is 1.10 bits per heavy atom. The summed E-state index contributed by atoms with van der Waals surface area (Å²) in [5.74, 6) is 0.968. The molecule has 0 saturated heterocycles. The number of nitrogens with zero attached hydrogens (tertiary/aromatic N) is 3. The van der Waals surface area contributed by atoms with E-state index in [1.165, 1.54) is 6.92 Å². The zero-order valence-corrected chi connectivity index (χ0v) is 17.8. The highest BCUT2D eigenvalue weighted by Gasteiger charge is 2.14. The number of fused-ring (bicyclic) bond motifs is 1. The van der Waals surface area contributed by atoms with Crippen molar-refractivity contribution in [3.63, 3.8) is 0 Å². The van der Waals surface area contributed by atoms with Crippen molar-refractivity contribution in [2.45, 2.75) is 13.8 Å². The molecule has 8 heteroatoms. The second kappa shape index (κ2) is 8.97. The Kier molecular flexibility index (Phi) is 5.95. The summed E-state index contributed by atoms with van der Waals surface area (Å²) < 4.78 is 5.78. The first-order chi connectivity index (χ1) is 15.0. The van der Waals surface area contributed by atoms with Crippen LogP contribution >= 0.6 is 11.6 Å². The molecular weight excluding hydrogens is 414 g/mol. The highest BCUT2D eigenvalue weighted by Crippen LogP contribution is 2.36. The molecule has 31 heavy (non-hydrogen) atoms. The third-order valence-electron chi connectivity index (χ3n) is 4.44. The molecule has 0 bridgehead atoms. The molecule has 4 rings (SSSR count). The smallest absolute Gasteiger partial charge is 0.222 e. The van der Waals surface area contributed by atoms with Gasteiger partial charge in [-0.2, -0.15) is 0 Å². The molecule has 1 amide bonds. The molecule has 7 nitrogen and oxygen atoms in total. The maximum absolute atomic E-state index is 11.4. The lowest BCUT2D eigenvalue weighted by molar-refractivity contribution is -0.114. The third-order valence-corrected chi connectivity index (χ3v) is 4.68. The summed E-state index contributed by atoms with van der Waals surface area (Å²) in [6, 6.07) is 14.8. The lowest BCUT2D eigenvalue weighted by Gasteiger charge is -2.14. The summed E-state index contributed by atoms with van der Waals surface area (Å²) in [5.41, 5.74) is 3.60. The van der Waals surface area contributed by atoms with Crippen LogP contribution in [0, 0.1) is 0 Å². The van der Waals surface area contributed by atoms with Crippen LogP contribution in [0.15, 0.2) is 60.9 Å². The summed E-state index contributed by atoms with van der Waals surface area (Å²) in [7, 11) is 0. The highest BCUT2D eigenvalue weighted by molar-refractivity contribution is 6.31. The maximum atomic E-state index is 11.4. The molecule has 0 aliphatic rings. The standard InChI is InChI=1S/C23H20ClN5O2/c1-3-31-21-7-6-15(24)11-18(21)20-13-19(17-5-4-9-26-23(17)29-20)28-16-8-10-25-22(12-16)27-14(2)30/h4-13H,3H2,1-2H3,(H2,25,26,27,28,29,30). The van der Waals surface area contributed by atoms with Crippen LogP contribution < -0.4 is 15.4 Å². The Morgan fingerprint density at radius 3 is 2.77 bits per heavy atom. The first-order valence-corrected chi connectivity index (χ1v) is 10.1. The van der Waals surface area contributed by atoms with Crippen LogP contribution in [-0.4, -0.2) is 27.5 Å². The van der Waals surface area contributed by atoms with Crippen LogP contribution in [-0.2, 0) is 4.79 Å². The lowest BCUT2D eigenvalue weighted by Crippen LogP contribution is -2.07. The van der Waals surface area contributed by atoms with Gasteiger partial charge in [0, 0.05) is 47.0 Å². The van der Waals surface area contributed by atoms with Gasteiger partial charge in [-0.3, -0.25) is 4.79 Å². The predicted molar refractivity (Wildman–Crippen MR) is 123 cm³/mol. The van der Waals surface area contributed by atoms with Crippen molar-refractivity contribution in [3.05, 3.63) is 65.9 Å². The molecule has 0 spiro atoms. The zero-order valence-electron chi connectivity index (χ0n) is 17.0. The molecule has 0 aliphatic heterocycles. The first kappa shape index (κ1) is 20.6. The van der Waals surface area contributed by atoms with E-state index in [9.17, 15) is 4.79 Å². The fourth-order valence-electron chi connectivity index (χ4n) is 3.19. The van der Waals surface area contributed by atoms with E-state index < -0.39 is 0 Å². The number of pyridine rings is 3. The quantitative estimate of drug-likeness (QED) is 0.420. The fraction of sp³-hybridized carbons (Fsp3) is 0.130. The number of benzene rings is 1. The minimum atomic E-state index is -0.185. The SMILES string of the molecule is CCOc1ccc(Cl)cc1-c1cc(Nc2ccnc(NC(C)=O)c2)c2cccnc2n1. The number of ether oxygens (including phenoxy) is 1.